The van der Waals surface area contributed by atoms with E-state index in [1.165, 1.54) is 0 Å². The third kappa shape index (κ3) is 2.42. The average molecular weight is 278 g/mol. The van der Waals surface area contributed by atoms with E-state index in [4.69, 9.17) is 9.52 Å². The van der Waals surface area contributed by atoms with E-state index in [2.05, 4.69) is 10.3 Å². The third-order valence-corrected chi connectivity index (χ3v) is 4.10. The molecule has 0 saturated heterocycles. The van der Waals surface area contributed by atoms with Gasteiger partial charge in [0.05, 0.1) is 11.6 Å². The second kappa shape index (κ2) is 4.92. The fourth-order valence-electron chi connectivity index (χ4n) is 2.80. The van der Waals surface area contributed by atoms with Crippen molar-refractivity contribution in [3.05, 3.63) is 17.3 Å². The van der Waals surface area contributed by atoms with Crippen LogP contribution in [0.2, 0.25) is 0 Å². The number of aliphatic carboxylic acids is 1. The Labute approximate surface area is 116 Å². The van der Waals surface area contributed by atoms with Crippen LogP contribution in [0.5, 0.6) is 0 Å². The van der Waals surface area contributed by atoms with Gasteiger partial charge in [-0.1, -0.05) is 6.42 Å². The number of carboxylic acid groups (broad SMARTS) is 1. The normalized spacial score (nSPS) is 25.6. The number of carbonyl (C=O) groups is 2. The summed E-state index contributed by atoms with van der Waals surface area (Å²) >= 11 is 0. The van der Waals surface area contributed by atoms with Crippen LogP contribution in [0.15, 0.2) is 4.42 Å². The highest BCUT2D eigenvalue weighted by atomic mass is 16.4. The van der Waals surface area contributed by atoms with Crippen LogP contribution >= 0.6 is 0 Å². The van der Waals surface area contributed by atoms with Crippen LogP contribution in [0.4, 0.5) is 0 Å². The summed E-state index contributed by atoms with van der Waals surface area (Å²) in [6.07, 6.45) is 4.26. The summed E-state index contributed by atoms with van der Waals surface area (Å²) in [5.41, 5.74) is 0.578. The summed E-state index contributed by atoms with van der Waals surface area (Å²) in [5, 5.41) is 11.9. The summed E-state index contributed by atoms with van der Waals surface area (Å²) in [7, 11) is 0. The summed E-state index contributed by atoms with van der Waals surface area (Å²) in [6.45, 7) is 1.74. The van der Waals surface area contributed by atoms with Gasteiger partial charge in [-0.05, 0) is 32.6 Å². The number of nitrogens with zero attached hydrogens (tertiary/aromatic N) is 1. The fraction of sp³-hybridized carbons (Fsp3) is 0.643. The van der Waals surface area contributed by atoms with Crippen LogP contribution in [-0.4, -0.2) is 28.0 Å². The van der Waals surface area contributed by atoms with Gasteiger partial charge >= 0.3 is 5.97 Å². The van der Waals surface area contributed by atoms with Gasteiger partial charge in [-0.2, -0.15) is 0 Å². The molecule has 3 rings (SSSR count). The van der Waals surface area contributed by atoms with Gasteiger partial charge in [-0.3, -0.25) is 9.59 Å². The maximum Gasteiger partial charge on any atom is 0.308 e. The van der Waals surface area contributed by atoms with Gasteiger partial charge < -0.3 is 14.8 Å². The molecule has 2 N–H and O–H groups in total. The molecular formula is C14H18N2O4. The lowest BCUT2D eigenvalue weighted by atomic mass is 10.0. The fourth-order valence-corrected chi connectivity index (χ4v) is 2.80. The summed E-state index contributed by atoms with van der Waals surface area (Å²) < 4.78 is 5.54. The predicted octanol–water partition coefficient (Wildman–Crippen LogP) is 1.84. The van der Waals surface area contributed by atoms with Crippen molar-refractivity contribution in [2.24, 2.45) is 5.92 Å². The van der Waals surface area contributed by atoms with Gasteiger partial charge in [0, 0.05) is 12.0 Å². The third-order valence-electron chi connectivity index (χ3n) is 4.10. The minimum Gasteiger partial charge on any atom is -0.481 e. The number of nitrogens with one attached hydrogen (secondary N) is 1. The molecule has 2 atom stereocenters. The molecule has 20 heavy (non-hydrogen) atoms. The molecular weight excluding hydrogens is 260 g/mol. The zero-order valence-corrected chi connectivity index (χ0v) is 11.4. The van der Waals surface area contributed by atoms with Gasteiger partial charge in [0.25, 0.3) is 5.91 Å². The van der Waals surface area contributed by atoms with E-state index >= 15 is 0 Å². The molecule has 2 aliphatic carbocycles. The van der Waals surface area contributed by atoms with Crippen LogP contribution in [0.1, 0.15) is 60.2 Å². The predicted molar refractivity (Wildman–Crippen MR) is 69.4 cm³/mol. The second-order valence-electron chi connectivity index (χ2n) is 5.70. The molecule has 6 nitrogen and oxygen atoms in total. The first-order valence-electron chi connectivity index (χ1n) is 7.07. The van der Waals surface area contributed by atoms with Crippen LogP contribution in [0.25, 0.3) is 0 Å². The van der Waals surface area contributed by atoms with Crippen LogP contribution in [0, 0.1) is 12.8 Å². The second-order valence-corrected chi connectivity index (χ2v) is 5.70. The van der Waals surface area contributed by atoms with Crippen molar-refractivity contribution in [3.8, 4) is 0 Å². The number of oxazole rings is 1. The summed E-state index contributed by atoms with van der Waals surface area (Å²) in [6, 6.07) is -0.311. The summed E-state index contributed by atoms with van der Waals surface area (Å²) in [4.78, 5) is 27.6. The van der Waals surface area contributed by atoms with Crippen molar-refractivity contribution >= 4 is 11.9 Å². The lowest BCUT2D eigenvalue weighted by Crippen LogP contribution is -2.40. The molecule has 1 amide bonds. The first-order valence-corrected chi connectivity index (χ1v) is 7.07. The number of hydrogen-bond acceptors (Lipinski definition) is 4. The van der Waals surface area contributed by atoms with Crippen molar-refractivity contribution in [2.45, 2.75) is 51.0 Å². The number of aromatic nitrogens is 1. The number of carboxylic acids is 1. The molecule has 1 aromatic rings. The molecule has 0 radical (unpaired) electrons. The SMILES string of the molecule is Cc1nc(C2CC2)oc1C(=O)N[C@@H]1CCC[C@@H]1C(=O)O. The minimum atomic E-state index is -0.847. The lowest BCUT2D eigenvalue weighted by Gasteiger charge is -2.16. The van der Waals surface area contributed by atoms with E-state index in [0.29, 0.717) is 30.3 Å². The van der Waals surface area contributed by atoms with Gasteiger partial charge in [0.15, 0.2) is 5.89 Å². The Morgan fingerprint density at radius 3 is 2.70 bits per heavy atom. The summed E-state index contributed by atoms with van der Waals surface area (Å²) in [5.74, 6) is -0.476. The lowest BCUT2D eigenvalue weighted by molar-refractivity contribution is -0.142. The van der Waals surface area contributed by atoms with Crippen LogP contribution in [-0.2, 0) is 4.79 Å². The molecule has 108 valence electrons. The Morgan fingerprint density at radius 1 is 1.30 bits per heavy atom. The topological polar surface area (TPSA) is 92.4 Å². The molecule has 0 aliphatic heterocycles. The van der Waals surface area contributed by atoms with E-state index in [9.17, 15) is 9.59 Å². The zero-order chi connectivity index (χ0) is 14.3. The number of hydrogen-bond donors (Lipinski definition) is 2. The molecule has 1 aromatic heterocycles. The molecule has 0 spiro atoms. The Morgan fingerprint density at radius 2 is 2.05 bits per heavy atom. The Hall–Kier alpha value is -1.85. The van der Waals surface area contributed by atoms with Crippen molar-refractivity contribution in [2.75, 3.05) is 0 Å². The van der Waals surface area contributed by atoms with Gasteiger partial charge in [-0.15, -0.1) is 0 Å². The molecule has 0 unspecified atom stereocenters. The monoisotopic (exact) mass is 278 g/mol. The van der Waals surface area contributed by atoms with E-state index < -0.39 is 11.9 Å². The minimum absolute atomic E-state index is 0.225. The maximum atomic E-state index is 12.2. The smallest absolute Gasteiger partial charge is 0.308 e. The van der Waals surface area contributed by atoms with Gasteiger partial charge in [0.2, 0.25) is 5.76 Å². The van der Waals surface area contributed by atoms with Gasteiger partial charge in [0.1, 0.15) is 0 Å². The number of rotatable bonds is 4. The molecule has 2 aliphatic rings. The Bertz CT molecular complexity index is 547. The standard InChI is InChI=1S/C14H18N2O4/c1-7-11(20-13(15-7)8-5-6-8)12(17)16-10-4-2-3-9(10)14(18)19/h8-10H,2-6H2,1H3,(H,16,17)(H,18,19)/t9-,10+/m0/s1. The van der Waals surface area contributed by atoms with Crippen molar-refractivity contribution in [1.82, 2.24) is 10.3 Å². The van der Waals surface area contributed by atoms with Crippen LogP contribution in [0.3, 0.4) is 0 Å². The highest BCUT2D eigenvalue weighted by Gasteiger charge is 2.36. The Balaban J connectivity index is 1.71. The zero-order valence-electron chi connectivity index (χ0n) is 11.4. The number of carbonyl (C=O) groups excluding carboxylic acids is 1. The molecule has 2 saturated carbocycles. The Kier molecular flexibility index (Phi) is 3.23. The highest BCUT2D eigenvalue weighted by molar-refractivity contribution is 5.93. The molecule has 0 aromatic carbocycles. The van der Waals surface area contributed by atoms with E-state index in [1.54, 1.807) is 6.92 Å². The van der Waals surface area contributed by atoms with Crippen molar-refractivity contribution in [1.29, 1.82) is 0 Å². The van der Waals surface area contributed by atoms with Crippen molar-refractivity contribution < 1.29 is 19.1 Å². The highest BCUT2D eigenvalue weighted by Crippen LogP contribution is 2.40. The van der Waals surface area contributed by atoms with E-state index in [0.717, 1.165) is 19.3 Å². The first kappa shape index (κ1) is 13.1. The van der Waals surface area contributed by atoms with E-state index in [1.807, 2.05) is 0 Å². The largest absolute Gasteiger partial charge is 0.481 e. The maximum absolute atomic E-state index is 12.2. The quantitative estimate of drug-likeness (QED) is 0.876. The van der Waals surface area contributed by atoms with Crippen molar-refractivity contribution in [3.63, 3.8) is 0 Å². The average Bonchev–Trinajstić information content (AvgIpc) is 3.01. The number of aryl methyl sites for hydroxylation is 1. The van der Waals surface area contributed by atoms with Crippen LogP contribution < -0.4 is 5.32 Å². The number of amides is 1. The molecule has 6 heteroatoms. The molecule has 1 heterocycles. The van der Waals surface area contributed by atoms with Gasteiger partial charge in [-0.25, -0.2) is 4.98 Å². The molecule has 0 bridgehead atoms. The molecule has 2 fully saturated rings. The first-order chi connectivity index (χ1) is 9.56. The van der Waals surface area contributed by atoms with E-state index in [-0.39, 0.29) is 17.7 Å².